The summed E-state index contributed by atoms with van der Waals surface area (Å²) in [6.07, 6.45) is 0. The van der Waals surface area contributed by atoms with Gasteiger partial charge in [0.05, 0.1) is 0 Å². The summed E-state index contributed by atoms with van der Waals surface area (Å²) in [5.74, 6) is -1.71. The summed E-state index contributed by atoms with van der Waals surface area (Å²) in [5.41, 5.74) is 0.599. The Kier molecular flexibility index (Phi) is 5.59. The Hall–Kier alpha value is -1.79. The van der Waals surface area contributed by atoms with Crippen molar-refractivity contribution in [2.45, 2.75) is 19.5 Å². The van der Waals surface area contributed by atoms with Crippen molar-refractivity contribution in [1.29, 1.82) is 0 Å². The molecule has 0 heterocycles. The molecule has 104 valence electrons. The molecule has 0 aliphatic rings. The van der Waals surface area contributed by atoms with E-state index in [0.29, 0.717) is 16.3 Å². The molecule has 0 bridgehead atoms. The second-order valence-corrected chi connectivity index (χ2v) is 4.31. The zero-order valence-electron chi connectivity index (χ0n) is 10.2. The molecule has 3 N–H and O–H groups in total. The van der Waals surface area contributed by atoms with Gasteiger partial charge in [0.2, 0.25) is 0 Å². The molecule has 1 aromatic rings. The highest BCUT2D eigenvalue weighted by Gasteiger charge is 2.12. The number of ether oxygens (including phenoxy) is 1. The average molecular weight is 288 g/mol. The first kappa shape index (κ1) is 15.3. The van der Waals surface area contributed by atoms with Gasteiger partial charge in [0.1, 0.15) is 11.8 Å². The van der Waals surface area contributed by atoms with E-state index in [1.54, 1.807) is 18.2 Å². The second kappa shape index (κ2) is 6.96. The van der Waals surface area contributed by atoms with E-state index in [9.17, 15) is 9.59 Å². The quantitative estimate of drug-likeness (QED) is 0.701. The van der Waals surface area contributed by atoms with Crippen LogP contribution in [0.25, 0.3) is 0 Å². The van der Waals surface area contributed by atoms with Crippen LogP contribution in [0, 0.1) is 0 Å². The number of aliphatic carboxylic acids is 2. The van der Waals surface area contributed by atoms with Gasteiger partial charge in [-0.15, -0.1) is 0 Å². The zero-order valence-corrected chi connectivity index (χ0v) is 11.0. The van der Waals surface area contributed by atoms with Crippen molar-refractivity contribution in [3.63, 3.8) is 0 Å². The maximum absolute atomic E-state index is 10.7. The highest BCUT2D eigenvalue weighted by atomic mass is 35.5. The molecule has 19 heavy (non-hydrogen) atoms. The predicted octanol–water partition coefficient (Wildman–Crippen LogP) is 1.37. The molecular formula is C12H14ClNO5. The van der Waals surface area contributed by atoms with Crippen molar-refractivity contribution in [2.75, 3.05) is 6.61 Å². The number of hydrogen-bond donors (Lipinski definition) is 3. The Bertz CT molecular complexity index is 477. The number of benzene rings is 1. The average Bonchev–Trinajstić information content (AvgIpc) is 2.34. The summed E-state index contributed by atoms with van der Waals surface area (Å²) >= 11 is 5.84. The SMILES string of the molecule is C[C@@H](NCc1cc(Cl)ccc1OCC(=O)O)C(=O)O. The van der Waals surface area contributed by atoms with E-state index in [0.717, 1.165) is 0 Å². The van der Waals surface area contributed by atoms with Gasteiger partial charge in [-0.2, -0.15) is 0 Å². The van der Waals surface area contributed by atoms with Crippen LogP contribution >= 0.6 is 11.6 Å². The van der Waals surface area contributed by atoms with Crippen molar-refractivity contribution < 1.29 is 24.5 Å². The number of halogens is 1. The van der Waals surface area contributed by atoms with Crippen molar-refractivity contribution in [1.82, 2.24) is 5.32 Å². The Morgan fingerprint density at radius 3 is 2.68 bits per heavy atom. The lowest BCUT2D eigenvalue weighted by molar-refractivity contribution is -0.140. The lowest BCUT2D eigenvalue weighted by atomic mass is 10.2. The van der Waals surface area contributed by atoms with E-state index in [1.807, 2.05) is 0 Å². The van der Waals surface area contributed by atoms with E-state index in [2.05, 4.69) is 5.32 Å². The molecular weight excluding hydrogens is 274 g/mol. The molecule has 6 nitrogen and oxygen atoms in total. The van der Waals surface area contributed by atoms with Gasteiger partial charge in [-0.25, -0.2) is 4.79 Å². The highest BCUT2D eigenvalue weighted by Crippen LogP contribution is 2.23. The molecule has 0 aliphatic heterocycles. The summed E-state index contributed by atoms with van der Waals surface area (Å²) in [6.45, 7) is 1.25. The monoisotopic (exact) mass is 287 g/mol. The van der Waals surface area contributed by atoms with E-state index in [4.69, 9.17) is 26.6 Å². The number of nitrogens with one attached hydrogen (secondary N) is 1. The summed E-state index contributed by atoms with van der Waals surface area (Å²) < 4.78 is 5.10. The molecule has 0 amide bonds. The minimum atomic E-state index is -1.09. The minimum absolute atomic E-state index is 0.211. The van der Waals surface area contributed by atoms with Crippen LogP contribution in [0.3, 0.4) is 0 Å². The molecule has 1 rings (SSSR count). The van der Waals surface area contributed by atoms with E-state index >= 15 is 0 Å². The first-order valence-corrected chi connectivity index (χ1v) is 5.87. The van der Waals surface area contributed by atoms with Gasteiger partial charge in [-0.05, 0) is 25.1 Å². The van der Waals surface area contributed by atoms with Crippen LogP contribution < -0.4 is 10.1 Å². The van der Waals surface area contributed by atoms with E-state index < -0.39 is 24.6 Å². The molecule has 0 saturated carbocycles. The fourth-order valence-electron chi connectivity index (χ4n) is 1.32. The van der Waals surface area contributed by atoms with E-state index in [1.165, 1.54) is 6.92 Å². The Labute approximate surface area is 114 Å². The largest absolute Gasteiger partial charge is 0.482 e. The fraction of sp³-hybridized carbons (Fsp3) is 0.333. The molecule has 0 fully saturated rings. The zero-order chi connectivity index (χ0) is 14.4. The Morgan fingerprint density at radius 1 is 1.42 bits per heavy atom. The summed E-state index contributed by atoms with van der Waals surface area (Å²) in [4.78, 5) is 21.2. The number of carboxylic acid groups (broad SMARTS) is 2. The molecule has 0 spiro atoms. The van der Waals surface area contributed by atoms with Gasteiger partial charge < -0.3 is 20.3 Å². The maximum atomic E-state index is 10.7. The standard InChI is InChI=1S/C12H14ClNO5/c1-7(12(17)18)14-5-8-4-9(13)2-3-10(8)19-6-11(15)16/h2-4,7,14H,5-6H2,1H3,(H,15,16)(H,17,18)/t7-/m1/s1. The van der Waals surface area contributed by atoms with Crippen LogP contribution in [0.4, 0.5) is 0 Å². The van der Waals surface area contributed by atoms with Gasteiger partial charge in [-0.3, -0.25) is 4.79 Å². The number of carboxylic acids is 2. The van der Waals surface area contributed by atoms with Crippen molar-refractivity contribution in [3.8, 4) is 5.75 Å². The Balaban J connectivity index is 2.76. The first-order valence-electron chi connectivity index (χ1n) is 5.49. The summed E-state index contributed by atoms with van der Waals surface area (Å²) in [7, 11) is 0. The normalized spacial score (nSPS) is 11.9. The van der Waals surface area contributed by atoms with Crippen LogP contribution in [0.2, 0.25) is 5.02 Å². The van der Waals surface area contributed by atoms with Gasteiger partial charge in [0, 0.05) is 17.1 Å². The smallest absolute Gasteiger partial charge is 0.341 e. The molecule has 0 aromatic heterocycles. The first-order chi connectivity index (χ1) is 8.90. The third-order valence-corrected chi connectivity index (χ3v) is 2.58. The summed E-state index contributed by atoms with van der Waals surface area (Å²) in [5, 5.41) is 20.6. The molecule has 0 aliphatic carbocycles. The van der Waals surface area contributed by atoms with Crippen molar-refractivity contribution in [3.05, 3.63) is 28.8 Å². The van der Waals surface area contributed by atoms with Crippen LogP contribution in [0.15, 0.2) is 18.2 Å². The summed E-state index contributed by atoms with van der Waals surface area (Å²) in [6, 6.07) is 3.99. The van der Waals surface area contributed by atoms with Gasteiger partial charge in [0.25, 0.3) is 0 Å². The van der Waals surface area contributed by atoms with Gasteiger partial charge in [0.15, 0.2) is 6.61 Å². The second-order valence-electron chi connectivity index (χ2n) is 3.88. The minimum Gasteiger partial charge on any atom is -0.482 e. The van der Waals surface area contributed by atoms with E-state index in [-0.39, 0.29) is 6.54 Å². The maximum Gasteiger partial charge on any atom is 0.341 e. The lowest BCUT2D eigenvalue weighted by Crippen LogP contribution is -2.33. The van der Waals surface area contributed by atoms with Gasteiger partial charge in [-0.1, -0.05) is 11.6 Å². The molecule has 1 atom stereocenters. The van der Waals surface area contributed by atoms with Crippen LogP contribution in [-0.4, -0.2) is 34.8 Å². The van der Waals surface area contributed by atoms with Crippen molar-refractivity contribution in [2.24, 2.45) is 0 Å². The van der Waals surface area contributed by atoms with Crippen molar-refractivity contribution >= 4 is 23.5 Å². The molecule has 1 aromatic carbocycles. The predicted molar refractivity (Wildman–Crippen MR) is 68.5 cm³/mol. The van der Waals surface area contributed by atoms with Crippen LogP contribution in [0.1, 0.15) is 12.5 Å². The third-order valence-electron chi connectivity index (χ3n) is 2.34. The molecule has 0 saturated heterocycles. The molecule has 0 radical (unpaired) electrons. The molecule has 0 unspecified atom stereocenters. The number of rotatable bonds is 7. The van der Waals surface area contributed by atoms with Gasteiger partial charge >= 0.3 is 11.9 Å². The van der Waals surface area contributed by atoms with Crippen LogP contribution in [-0.2, 0) is 16.1 Å². The molecule has 7 heteroatoms. The highest BCUT2D eigenvalue weighted by molar-refractivity contribution is 6.30. The lowest BCUT2D eigenvalue weighted by Gasteiger charge is -2.13. The topological polar surface area (TPSA) is 95.9 Å². The number of carbonyl (C=O) groups is 2. The Morgan fingerprint density at radius 2 is 2.11 bits per heavy atom. The number of hydrogen-bond acceptors (Lipinski definition) is 4. The third kappa shape index (κ3) is 5.15. The fourth-order valence-corrected chi connectivity index (χ4v) is 1.51. The van der Waals surface area contributed by atoms with Crippen LogP contribution in [0.5, 0.6) is 5.75 Å².